The van der Waals surface area contributed by atoms with Crippen LogP contribution in [0.3, 0.4) is 0 Å². The van der Waals surface area contributed by atoms with Crippen molar-refractivity contribution in [1.29, 1.82) is 0 Å². The van der Waals surface area contributed by atoms with E-state index in [2.05, 4.69) is 18.5 Å². The zero-order chi connectivity index (χ0) is 17.3. The van der Waals surface area contributed by atoms with Crippen LogP contribution in [0, 0.1) is 5.82 Å². The van der Waals surface area contributed by atoms with Gasteiger partial charge in [0.15, 0.2) is 0 Å². The van der Waals surface area contributed by atoms with Crippen LogP contribution in [0.15, 0.2) is 61.2 Å². The molecule has 2 aromatic rings. The average molecular weight is 323 g/mol. The van der Waals surface area contributed by atoms with E-state index in [1.807, 2.05) is 31.2 Å². The van der Waals surface area contributed by atoms with Gasteiger partial charge in [0.05, 0.1) is 6.04 Å². The van der Waals surface area contributed by atoms with Crippen LogP contribution in [0.5, 0.6) is 0 Å². The van der Waals surface area contributed by atoms with Crippen LogP contribution < -0.4 is 5.32 Å². The standard InChI is InChI=1S/C21H19F2N/c1-13(2)10-21-18-9-8-16(22)12-19(18)20(23)11-15-6-4-5-7-17(15)14(3)24-21/h4-9,11-12,21,24H,1,3,10H2,2H3/b20-11-. The Morgan fingerprint density at radius 2 is 1.88 bits per heavy atom. The molecule has 0 fully saturated rings. The van der Waals surface area contributed by atoms with Crippen molar-refractivity contribution in [3.8, 4) is 0 Å². The van der Waals surface area contributed by atoms with Crippen molar-refractivity contribution < 1.29 is 8.78 Å². The summed E-state index contributed by atoms with van der Waals surface area (Å²) in [5, 5.41) is 3.36. The molecule has 0 spiro atoms. The molecule has 2 aromatic carbocycles. The SMILES string of the molecule is C=C(C)CC1NC(=C)c2ccccc2/C=C(\F)c2cc(F)ccc21. The molecule has 0 amide bonds. The molecule has 1 heterocycles. The molecule has 0 saturated carbocycles. The summed E-state index contributed by atoms with van der Waals surface area (Å²) in [6.45, 7) is 9.98. The molecule has 24 heavy (non-hydrogen) atoms. The van der Waals surface area contributed by atoms with E-state index in [0.717, 1.165) is 11.1 Å². The molecule has 1 atom stereocenters. The highest BCUT2D eigenvalue weighted by Crippen LogP contribution is 2.35. The molecule has 3 rings (SSSR count). The number of benzene rings is 2. The summed E-state index contributed by atoms with van der Waals surface area (Å²) < 4.78 is 28.6. The molecule has 1 nitrogen and oxygen atoms in total. The quantitative estimate of drug-likeness (QED) is 0.681. The van der Waals surface area contributed by atoms with E-state index >= 15 is 0 Å². The van der Waals surface area contributed by atoms with Gasteiger partial charge in [0.25, 0.3) is 0 Å². The Hall–Kier alpha value is -2.68. The van der Waals surface area contributed by atoms with Crippen molar-refractivity contribution in [2.45, 2.75) is 19.4 Å². The van der Waals surface area contributed by atoms with E-state index in [1.165, 1.54) is 18.2 Å². The number of hydrogen-bond donors (Lipinski definition) is 1. The Labute approximate surface area is 141 Å². The van der Waals surface area contributed by atoms with E-state index in [9.17, 15) is 8.78 Å². The lowest BCUT2D eigenvalue weighted by molar-refractivity contribution is 0.606. The largest absolute Gasteiger partial charge is 0.378 e. The van der Waals surface area contributed by atoms with Gasteiger partial charge >= 0.3 is 0 Å². The third-order valence-corrected chi connectivity index (χ3v) is 4.12. The molecule has 1 aliphatic heterocycles. The second kappa shape index (κ2) is 6.44. The van der Waals surface area contributed by atoms with Crippen molar-refractivity contribution in [2.75, 3.05) is 0 Å². The second-order valence-electron chi connectivity index (χ2n) is 6.15. The summed E-state index contributed by atoms with van der Waals surface area (Å²) in [6, 6.07) is 11.4. The van der Waals surface area contributed by atoms with Gasteiger partial charge in [0.2, 0.25) is 0 Å². The van der Waals surface area contributed by atoms with Gasteiger partial charge in [-0.3, -0.25) is 0 Å². The zero-order valence-electron chi connectivity index (χ0n) is 13.6. The lowest BCUT2D eigenvalue weighted by Gasteiger charge is -2.23. The van der Waals surface area contributed by atoms with Gasteiger partial charge in [-0.2, -0.15) is 0 Å². The van der Waals surface area contributed by atoms with Crippen LogP contribution in [0.4, 0.5) is 8.78 Å². The first kappa shape index (κ1) is 16.2. The topological polar surface area (TPSA) is 12.0 Å². The van der Waals surface area contributed by atoms with Crippen molar-refractivity contribution >= 4 is 17.6 Å². The fourth-order valence-electron chi connectivity index (χ4n) is 3.03. The van der Waals surface area contributed by atoms with E-state index in [-0.39, 0.29) is 11.6 Å². The molecule has 122 valence electrons. The number of rotatable bonds is 2. The maximum absolute atomic E-state index is 14.9. The van der Waals surface area contributed by atoms with E-state index in [4.69, 9.17) is 0 Å². The zero-order valence-corrected chi connectivity index (χ0v) is 13.6. The minimum absolute atomic E-state index is 0.226. The van der Waals surface area contributed by atoms with E-state index < -0.39 is 11.6 Å². The highest BCUT2D eigenvalue weighted by molar-refractivity contribution is 5.84. The second-order valence-corrected chi connectivity index (χ2v) is 6.15. The van der Waals surface area contributed by atoms with Gasteiger partial charge in [-0.1, -0.05) is 42.5 Å². The predicted octanol–water partition coefficient (Wildman–Crippen LogP) is 5.87. The average Bonchev–Trinajstić information content (AvgIpc) is 2.57. The molecule has 0 saturated heterocycles. The Kier molecular flexibility index (Phi) is 4.34. The van der Waals surface area contributed by atoms with Crippen molar-refractivity contribution in [1.82, 2.24) is 5.32 Å². The maximum atomic E-state index is 14.9. The molecule has 1 N–H and O–H groups in total. The third kappa shape index (κ3) is 3.16. The van der Waals surface area contributed by atoms with Gasteiger partial charge in [-0.15, -0.1) is 6.58 Å². The summed E-state index contributed by atoms with van der Waals surface area (Å²) >= 11 is 0. The van der Waals surface area contributed by atoms with Crippen molar-refractivity contribution in [2.24, 2.45) is 0 Å². The summed E-state index contributed by atoms with van der Waals surface area (Å²) in [5.41, 5.74) is 4.15. The number of fused-ring (bicyclic) bond motifs is 2. The minimum atomic E-state index is -0.460. The Morgan fingerprint density at radius 3 is 2.62 bits per heavy atom. The number of nitrogens with one attached hydrogen (secondary N) is 1. The molecule has 0 bridgehead atoms. The predicted molar refractivity (Wildman–Crippen MR) is 96.2 cm³/mol. The number of halogens is 2. The molecule has 0 aliphatic carbocycles. The fourth-order valence-corrected chi connectivity index (χ4v) is 3.03. The highest BCUT2D eigenvalue weighted by Gasteiger charge is 2.22. The van der Waals surface area contributed by atoms with Crippen LogP contribution in [0.2, 0.25) is 0 Å². The Morgan fingerprint density at radius 1 is 1.12 bits per heavy atom. The first-order valence-electron chi connectivity index (χ1n) is 7.82. The molecule has 1 unspecified atom stereocenters. The smallest absolute Gasteiger partial charge is 0.131 e. The first-order chi connectivity index (χ1) is 11.5. The lowest BCUT2D eigenvalue weighted by atomic mass is 9.94. The van der Waals surface area contributed by atoms with Crippen LogP contribution in [0.1, 0.15) is 41.6 Å². The Balaban J connectivity index is 2.23. The molecular weight excluding hydrogens is 304 g/mol. The Bertz CT molecular complexity index is 849. The van der Waals surface area contributed by atoms with Crippen molar-refractivity contribution in [3.05, 3.63) is 89.3 Å². The van der Waals surface area contributed by atoms with Crippen LogP contribution in [-0.2, 0) is 0 Å². The number of hydrogen-bond acceptors (Lipinski definition) is 1. The minimum Gasteiger partial charge on any atom is -0.378 e. The fraction of sp³-hybridized carbons (Fsp3) is 0.143. The van der Waals surface area contributed by atoms with Gasteiger partial charge in [0, 0.05) is 16.8 Å². The first-order valence-corrected chi connectivity index (χ1v) is 7.82. The molecular formula is C21H19F2N. The normalized spacial score (nSPS) is 18.9. The molecule has 0 aromatic heterocycles. The van der Waals surface area contributed by atoms with Crippen LogP contribution in [-0.4, -0.2) is 0 Å². The van der Waals surface area contributed by atoms with Crippen LogP contribution >= 0.6 is 0 Å². The maximum Gasteiger partial charge on any atom is 0.131 e. The third-order valence-electron chi connectivity index (χ3n) is 4.12. The van der Waals surface area contributed by atoms with Gasteiger partial charge in [-0.05, 0) is 42.7 Å². The summed E-state index contributed by atoms with van der Waals surface area (Å²) in [4.78, 5) is 0. The highest BCUT2D eigenvalue weighted by atomic mass is 19.1. The molecule has 1 aliphatic rings. The molecule has 0 radical (unpaired) electrons. The van der Waals surface area contributed by atoms with E-state index in [0.29, 0.717) is 23.2 Å². The van der Waals surface area contributed by atoms with Crippen LogP contribution in [0.25, 0.3) is 17.6 Å². The monoisotopic (exact) mass is 323 g/mol. The van der Waals surface area contributed by atoms with E-state index in [1.54, 1.807) is 6.07 Å². The summed E-state index contributed by atoms with van der Waals surface area (Å²) in [7, 11) is 0. The molecule has 3 heteroatoms. The van der Waals surface area contributed by atoms with Gasteiger partial charge in [0.1, 0.15) is 11.6 Å². The summed E-state index contributed by atoms with van der Waals surface area (Å²) in [5.74, 6) is -0.919. The van der Waals surface area contributed by atoms with Gasteiger partial charge in [-0.25, -0.2) is 8.78 Å². The van der Waals surface area contributed by atoms with Crippen molar-refractivity contribution in [3.63, 3.8) is 0 Å². The summed E-state index contributed by atoms with van der Waals surface area (Å²) in [6.07, 6.45) is 2.04. The van der Waals surface area contributed by atoms with Gasteiger partial charge < -0.3 is 5.32 Å². The lowest BCUT2D eigenvalue weighted by Crippen LogP contribution is -2.21.